The van der Waals surface area contributed by atoms with Crippen molar-refractivity contribution in [2.45, 2.75) is 13.0 Å². The van der Waals surface area contributed by atoms with Gasteiger partial charge < -0.3 is 11.1 Å². The number of hydrogen-bond acceptors (Lipinski definition) is 2. The van der Waals surface area contributed by atoms with E-state index >= 15 is 0 Å². The number of primary amides is 1. The summed E-state index contributed by atoms with van der Waals surface area (Å²) in [5.74, 6) is -0.917. The molecule has 3 N–H and O–H groups in total. The van der Waals surface area contributed by atoms with E-state index in [1.807, 2.05) is 6.92 Å². The molecule has 0 heterocycles. The minimum atomic E-state index is -0.605. The summed E-state index contributed by atoms with van der Waals surface area (Å²) >= 11 is 9.11. The van der Waals surface area contributed by atoms with Crippen molar-refractivity contribution < 1.29 is 9.18 Å². The molecule has 2 aromatic rings. The number of benzene rings is 2. The second-order valence-corrected chi connectivity index (χ2v) is 5.91. The van der Waals surface area contributed by atoms with Crippen LogP contribution in [0.25, 0.3) is 0 Å². The number of halogens is 3. The molecule has 1 atom stereocenters. The van der Waals surface area contributed by atoms with Gasteiger partial charge in [0.05, 0.1) is 16.6 Å². The Labute approximate surface area is 135 Å². The third-order valence-corrected chi connectivity index (χ3v) is 3.87. The Kier molecular flexibility index (Phi) is 4.85. The average molecular weight is 372 g/mol. The number of hydrogen-bond donors (Lipinski definition) is 2. The molecule has 0 bridgehead atoms. The van der Waals surface area contributed by atoms with E-state index < -0.39 is 5.91 Å². The maximum absolute atomic E-state index is 13.9. The Bertz CT molecular complexity index is 693. The van der Waals surface area contributed by atoms with E-state index in [-0.39, 0.29) is 22.4 Å². The third-order valence-electron chi connectivity index (χ3n) is 3.04. The highest BCUT2D eigenvalue weighted by Gasteiger charge is 2.13. The van der Waals surface area contributed by atoms with Crippen LogP contribution in [0, 0.1) is 5.82 Å². The fourth-order valence-corrected chi connectivity index (χ4v) is 2.53. The smallest absolute Gasteiger partial charge is 0.250 e. The first-order valence-corrected chi connectivity index (χ1v) is 7.36. The van der Waals surface area contributed by atoms with Gasteiger partial charge in [-0.25, -0.2) is 4.39 Å². The van der Waals surface area contributed by atoms with Gasteiger partial charge in [-0.3, -0.25) is 4.79 Å². The predicted molar refractivity (Wildman–Crippen MR) is 86.1 cm³/mol. The van der Waals surface area contributed by atoms with Gasteiger partial charge in [-0.2, -0.15) is 0 Å². The van der Waals surface area contributed by atoms with Gasteiger partial charge in [-0.05, 0) is 37.3 Å². The van der Waals surface area contributed by atoms with E-state index in [1.165, 1.54) is 6.07 Å². The summed E-state index contributed by atoms with van der Waals surface area (Å²) in [6, 6.07) is 9.44. The van der Waals surface area contributed by atoms with Crippen molar-refractivity contribution in [2.24, 2.45) is 5.73 Å². The summed E-state index contributed by atoms with van der Waals surface area (Å²) in [6.07, 6.45) is 0. The molecule has 3 nitrogen and oxygen atoms in total. The quantitative estimate of drug-likeness (QED) is 0.830. The number of nitrogens with one attached hydrogen (secondary N) is 1. The Hall–Kier alpha value is -1.59. The summed E-state index contributed by atoms with van der Waals surface area (Å²) in [5, 5.41) is 3.41. The molecule has 1 unspecified atom stereocenters. The largest absolute Gasteiger partial charge is 0.378 e. The first-order chi connectivity index (χ1) is 9.88. The van der Waals surface area contributed by atoms with Crippen molar-refractivity contribution in [3.05, 3.63) is 62.8 Å². The van der Waals surface area contributed by atoms with Crippen LogP contribution in [0.3, 0.4) is 0 Å². The normalized spacial score (nSPS) is 12.0. The number of anilines is 1. The molecule has 0 radical (unpaired) electrons. The van der Waals surface area contributed by atoms with Crippen LogP contribution in [-0.4, -0.2) is 5.91 Å². The lowest BCUT2D eigenvalue weighted by molar-refractivity contribution is 0.100. The number of amides is 1. The zero-order valence-electron chi connectivity index (χ0n) is 11.2. The average Bonchev–Trinajstić information content (AvgIpc) is 2.40. The summed E-state index contributed by atoms with van der Waals surface area (Å²) in [5.41, 5.74) is 6.64. The van der Waals surface area contributed by atoms with Crippen molar-refractivity contribution in [3.63, 3.8) is 0 Å². The maximum Gasteiger partial charge on any atom is 0.250 e. The number of carbonyl (C=O) groups excluding carboxylic acids is 1. The van der Waals surface area contributed by atoms with Crippen molar-refractivity contribution >= 4 is 39.1 Å². The van der Waals surface area contributed by atoms with Crippen LogP contribution in [0.1, 0.15) is 28.9 Å². The molecule has 1 amide bonds. The van der Waals surface area contributed by atoms with Crippen molar-refractivity contribution in [3.8, 4) is 0 Å². The van der Waals surface area contributed by atoms with Crippen LogP contribution in [0.2, 0.25) is 5.02 Å². The standard InChI is InChI=1S/C15H13BrClFN2O/c1-8(11-4-2-9(16)6-14(11)18)20-10-3-5-13(17)12(7-10)15(19)21/h2-8,20H,1H3,(H2,19,21). The SMILES string of the molecule is CC(Nc1ccc(Cl)c(C(N)=O)c1)c1ccc(Br)cc1F. The van der Waals surface area contributed by atoms with Gasteiger partial charge in [-0.15, -0.1) is 0 Å². The van der Waals surface area contributed by atoms with E-state index in [2.05, 4.69) is 21.2 Å². The zero-order chi connectivity index (χ0) is 15.6. The monoisotopic (exact) mass is 370 g/mol. The van der Waals surface area contributed by atoms with Gasteiger partial charge in [0.2, 0.25) is 5.91 Å². The third kappa shape index (κ3) is 3.74. The first-order valence-electron chi connectivity index (χ1n) is 6.19. The fraction of sp³-hybridized carbons (Fsp3) is 0.133. The minimum absolute atomic E-state index is 0.227. The number of nitrogens with two attached hydrogens (primary N) is 1. The highest BCUT2D eigenvalue weighted by molar-refractivity contribution is 9.10. The van der Waals surface area contributed by atoms with E-state index in [4.69, 9.17) is 17.3 Å². The van der Waals surface area contributed by atoms with E-state index in [1.54, 1.807) is 30.3 Å². The molecule has 6 heteroatoms. The lowest BCUT2D eigenvalue weighted by atomic mass is 10.1. The van der Waals surface area contributed by atoms with Crippen LogP contribution in [0.15, 0.2) is 40.9 Å². The second kappa shape index (κ2) is 6.45. The summed E-state index contributed by atoms with van der Waals surface area (Å²) in [4.78, 5) is 11.3. The van der Waals surface area contributed by atoms with Gasteiger partial charge in [-0.1, -0.05) is 33.6 Å². The molecule has 2 rings (SSSR count). The number of carbonyl (C=O) groups is 1. The van der Waals surface area contributed by atoms with Crippen molar-refractivity contribution in [1.29, 1.82) is 0 Å². The first kappa shape index (κ1) is 15.8. The molecular formula is C15H13BrClFN2O. The Morgan fingerprint density at radius 1 is 1.33 bits per heavy atom. The van der Waals surface area contributed by atoms with Crippen LogP contribution in [0.4, 0.5) is 10.1 Å². The van der Waals surface area contributed by atoms with Crippen molar-refractivity contribution in [2.75, 3.05) is 5.32 Å². The Balaban J connectivity index is 2.25. The summed E-state index contributed by atoms with van der Waals surface area (Å²) in [7, 11) is 0. The molecule has 21 heavy (non-hydrogen) atoms. The van der Waals surface area contributed by atoms with Crippen molar-refractivity contribution in [1.82, 2.24) is 0 Å². The topological polar surface area (TPSA) is 55.1 Å². The van der Waals surface area contributed by atoms with Gasteiger partial charge in [0.15, 0.2) is 0 Å². The summed E-state index contributed by atoms with van der Waals surface area (Å²) in [6.45, 7) is 1.82. The second-order valence-electron chi connectivity index (χ2n) is 4.59. The van der Waals surface area contributed by atoms with Crippen LogP contribution >= 0.6 is 27.5 Å². The van der Waals surface area contributed by atoms with Gasteiger partial charge in [0, 0.05) is 15.7 Å². The van der Waals surface area contributed by atoms with E-state index in [0.29, 0.717) is 15.7 Å². The molecule has 2 aromatic carbocycles. The molecule has 0 saturated carbocycles. The lowest BCUT2D eigenvalue weighted by Gasteiger charge is -2.17. The molecule has 0 aliphatic rings. The molecule has 0 aliphatic heterocycles. The maximum atomic E-state index is 13.9. The molecule has 0 saturated heterocycles. The molecule has 0 spiro atoms. The molecule has 0 aliphatic carbocycles. The Morgan fingerprint density at radius 3 is 2.67 bits per heavy atom. The highest BCUT2D eigenvalue weighted by Crippen LogP contribution is 2.26. The molecule has 110 valence electrons. The fourth-order valence-electron chi connectivity index (χ4n) is 1.98. The Morgan fingerprint density at radius 2 is 2.05 bits per heavy atom. The molecule has 0 aromatic heterocycles. The van der Waals surface area contributed by atoms with E-state index in [0.717, 1.165) is 0 Å². The van der Waals surface area contributed by atoms with E-state index in [9.17, 15) is 9.18 Å². The van der Waals surface area contributed by atoms with Crippen LogP contribution in [0.5, 0.6) is 0 Å². The van der Waals surface area contributed by atoms with Gasteiger partial charge in [0.1, 0.15) is 5.82 Å². The van der Waals surface area contributed by atoms with Gasteiger partial charge in [0.25, 0.3) is 0 Å². The minimum Gasteiger partial charge on any atom is -0.378 e. The highest BCUT2D eigenvalue weighted by atomic mass is 79.9. The summed E-state index contributed by atoms with van der Waals surface area (Å²) < 4.78 is 14.6. The molecule has 0 fully saturated rings. The zero-order valence-corrected chi connectivity index (χ0v) is 13.5. The predicted octanol–water partition coefficient (Wildman–Crippen LogP) is 4.51. The lowest BCUT2D eigenvalue weighted by Crippen LogP contribution is -2.13. The van der Waals surface area contributed by atoms with Crippen LogP contribution < -0.4 is 11.1 Å². The number of rotatable bonds is 4. The molecular weight excluding hydrogens is 359 g/mol. The van der Waals surface area contributed by atoms with Gasteiger partial charge >= 0.3 is 0 Å². The van der Waals surface area contributed by atoms with Crippen LogP contribution in [-0.2, 0) is 0 Å².